The van der Waals surface area contributed by atoms with Gasteiger partial charge in [-0.1, -0.05) is 66.8 Å². The Hall–Kier alpha value is -3.60. The van der Waals surface area contributed by atoms with Crippen LogP contribution in [0.25, 0.3) is 11.1 Å². The first kappa shape index (κ1) is 26.0. The summed E-state index contributed by atoms with van der Waals surface area (Å²) in [6.07, 6.45) is 0.417. The number of hydroxylamine groups is 1. The largest absolute Gasteiger partial charge is 0.368 e. The van der Waals surface area contributed by atoms with Gasteiger partial charge in [0.2, 0.25) is 5.91 Å². The van der Waals surface area contributed by atoms with Gasteiger partial charge in [0.15, 0.2) is 0 Å². The number of sulfonamides is 1. The van der Waals surface area contributed by atoms with Crippen LogP contribution in [0.3, 0.4) is 0 Å². The highest BCUT2D eigenvalue weighted by Gasteiger charge is 2.30. The van der Waals surface area contributed by atoms with Crippen molar-refractivity contribution in [3.8, 4) is 11.1 Å². The van der Waals surface area contributed by atoms with Gasteiger partial charge in [0.1, 0.15) is 6.54 Å². The first-order valence-electron chi connectivity index (χ1n) is 10.9. The number of hydrogen-bond acceptors (Lipinski definition) is 6. The van der Waals surface area contributed by atoms with Crippen LogP contribution < -0.4 is 5.73 Å². The second kappa shape index (κ2) is 11.2. The Morgan fingerprint density at radius 2 is 1.71 bits per heavy atom. The molecule has 2 N–H and O–H groups in total. The quantitative estimate of drug-likeness (QED) is 0.314. The standard InChI is InChI=1S/C25H27N3O6S/c1-18(2)13-22-14-21(20-9-6-10-23(15-20)28(30)31)11-12-24(22)35(32,33)27(16-25(26)29)34-17-19-7-4-3-5-8-19/h3-12,14-15,18H,13,16-17H2,1-2H3,(H2,26,29). The topological polar surface area (TPSA) is 133 Å². The second-order valence-corrected chi connectivity index (χ2v) is 10.2. The maximum atomic E-state index is 13.6. The van der Waals surface area contributed by atoms with E-state index in [1.807, 2.05) is 19.9 Å². The third kappa shape index (κ3) is 6.72. The highest BCUT2D eigenvalue weighted by molar-refractivity contribution is 7.89. The molecule has 10 heteroatoms. The molecule has 0 aliphatic heterocycles. The molecule has 0 heterocycles. The number of nitrogens with two attached hydrogens (primary N) is 1. The van der Waals surface area contributed by atoms with Crippen molar-refractivity contribution < 1.29 is 23.0 Å². The van der Waals surface area contributed by atoms with Crippen LogP contribution in [0.15, 0.2) is 77.7 Å². The summed E-state index contributed by atoms with van der Waals surface area (Å²) in [7, 11) is -4.26. The summed E-state index contributed by atoms with van der Waals surface area (Å²) >= 11 is 0. The van der Waals surface area contributed by atoms with E-state index in [1.165, 1.54) is 18.2 Å². The molecular weight excluding hydrogens is 470 g/mol. The Morgan fingerprint density at radius 3 is 2.34 bits per heavy atom. The molecule has 3 aromatic carbocycles. The molecule has 0 aromatic heterocycles. The first-order chi connectivity index (χ1) is 16.6. The molecule has 0 radical (unpaired) electrons. The molecule has 184 valence electrons. The van der Waals surface area contributed by atoms with Gasteiger partial charge < -0.3 is 5.73 Å². The molecule has 0 aliphatic carbocycles. The molecule has 0 aliphatic rings. The van der Waals surface area contributed by atoms with Gasteiger partial charge in [-0.25, -0.2) is 8.42 Å². The molecule has 0 atom stereocenters. The molecule has 0 fully saturated rings. The van der Waals surface area contributed by atoms with Crippen LogP contribution >= 0.6 is 0 Å². The highest BCUT2D eigenvalue weighted by atomic mass is 32.2. The van der Waals surface area contributed by atoms with Gasteiger partial charge in [-0.15, -0.1) is 0 Å². The lowest BCUT2D eigenvalue weighted by atomic mass is 9.97. The van der Waals surface area contributed by atoms with Crippen molar-refractivity contribution in [1.82, 2.24) is 4.47 Å². The predicted octanol–water partition coefficient (Wildman–Crippen LogP) is 4.07. The van der Waals surface area contributed by atoms with Crippen molar-refractivity contribution in [1.29, 1.82) is 0 Å². The molecule has 3 rings (SSSR count). The summed E-state index contributed by atoms with van der Waals surface area (Å²) in [5.74, 6) is -0.751. The molecule has 3 aromatic rings. The lowest BCUT2D eigenvalue weighted by Gasteiger charge is -2.23. The molecule has 0 saturated heterocycles. The fourth-order valence-corrected chi connectivity index (χ4v) is 4.99. The van der Waals surface area contributed by atoms with Gasteiger partial charge in [0, 0.05) is 12.1 Å². The van der Waals surface area contributed by atoms with Gasteiger partial charge in [-0.2, -0.15) is 0 Å². The van der Waals surface area contributed by atoms with Crippen molar-refractivity contribution in [3.05, 3.63) is 94.0 Å². The van der Waals surface area contributed by atoms with Gasteiger partial charge in [-0.3, -0.25) is 19.7 Å². The maximum absolute atomic E-state index is 13.6. The van der Waals surface area contributed by atoms with E-state index in [9.17, 15) is 23.3 Å². The predicted molar refractivity (Wildman–Crippen MR) is 131 cm³/mol. The van der Waals surface area contributed by atoms with E-state index in [-0.39, 0.29) is 23.1 Å². The molecule has 1 amide bonds. The zero-order chi connectivity index (χ0) is 25.6. The number of nitro groups is 1. The average molecular weight is 498 g/mol. The molecule has 0 spiro atoms. The summed E-state index contributed by atoms with van der Waals surface area (Å²) in [6, 6.07) is 19.8. The van der Waals surface area contributed by atoms with Crippen LogP contribution in [0.2, 0.25) is 0 Å². The monoisotopic (exact) mass is 497 g/mol. The van der Waals surface area contributed by atoms with Crippen molar-refractivity contribution in [2.45, 2.75) is 31.8 Å². The molecule has 0 unspecified atom stereocenters. The lowest BCUT2D eigenvalue weighted by Crippen LogP contribution is -2.38. The fourth-order valence-electron chi connectivity index (χ4n) is 3.57. The average Bonchev–Trinajstić information content (AvgIpc) is 2.81. The Labute approximate surface area is 204 Å². The van der Waals surface area contributed by atoms with Crippen molar-refractivity contribution in [2.75, 3.05) is 6.54 Å². The van der Waals surface area contributed by atoms with Crippen LogP contribution in [0.1, 0.15) is 25.0 Å². The third-order valence-corrected chi connectivity index (χ3v) is 6.85. The third-order valence-electron chi connectivity index (χ3n) is 5.13. The number of carbonyl (C=O) groups is 1. The van der Waals surface area contributed by atoms with Crippen molar-refractivity contribution in [2.24, 2.45) is 11.7 Å². The van der Waals surface area contributed by atoms with E-state index in [2.05, 4.69) is 0 Å². The zero-order valence-corrected chi connectivity index (χ0v) is 20.3. The van der Waals surface area contributed by atoms with E-state index < -0.39 is 27.4 Å². The van der Waals surface area contributed by atoms with Crippen molar-refractivity contribution in [3.63, 3.8) is 0 Å². The van der Waals surface area contributed by atoms with Gasteiger partial charge in [0.25, 0.3) is 15.7 Å². The molecule has 0 bridgehead atoms. The minimum Gasteiger partial charge on any atom is -0.368 e. The number of nitro benzene ring substituents is 1. The van der Waals surface area contributed by atoms with E-state index in [0.29, 0.717) is 27.6 Å². The summed E-state index contributed by atoms with van der Waals surface area (Å²) in [5, 5.41) is 11.2. The number of amides is 1. The summed E-state index contributed by atoms with van der Waals surface area (Å²) in [6.45, 7) is 3.18. The molecule has 9 nitrogen and oxygen atoms in total. The lowest BCUT2D eigenvalue weighted by molar-refractivity contribution is -0.384. The minimum absolute atomic E-state index is 0.0188. The Kier molecular flexibility index (Phi) is 8.34. The smallest absolute Gasteiger partial charge is 0.270 e. The number of rotatable bonds is 11. The highest BCUT2D eigenvalue weighted by Crippen LogP contribution is 2.30. The Bertz CT molecular complexity index is 1310. The fraction of sp³-hybridized carbons (Fsp3) is 0.240. The van der Waals surface area contributed by atoms with Crippen LogP contribution in [-0.2, 0) is 32.7 Å². The number of non-ortho nitro benzene ring substituents is 1. The molecular formula is C25H27N3O6S. The van der Waals surface area contributed by atoms with Gasteiger partial charge in [-0.05, 0) is 46.7 Å². The number of primary amides is 1. The zero-order valence-electron chi connectivity index (χ0n) is 19.5. The SMILES string of the molecule is CC(C)Cc1cc(-c2cccc([N+](=O)[O-])c2)ccc1S(=O)(=O)N(CC(N)=O)OCc1ccccc1. The van der Waals surface area contributed by atoms with Crippen LogP contribution in [-0.4, -0.2) is 30.3 Å². The Morgan fingerprint density at radius 1 is 1.03 bits per heavy atom. The van der Waals surface area contributed by atoms with E-state index in [0.717, 1.165) is 5.56 Å². The number of hydrogen-bond donors (Lipinski definition) is 1. The van der Waals surface area contributed by atoms with E-state index >= 15 is 0 Å². The van der Waals surface area contributed by atoms with Gasteiger partial charge in [0.05, 0.1) is 16.4 Å². The number of carbonyl (C=O) groups excluding carboxylic acids is 1. The number of nitrogens with zero attached hydrogens (tertiary/aromatic N) is 2. The van der Waals surface area contributed by atoms with E-state index in [1.54, 1.807) is 48.5 Å². The van der Waals surface area contributed by atoms with Gasteiger partial charge >= 0.3 is 0 Å². The first-order valence-corrected chi connectivity index (χ1v) is 12.4. The molecule has 35 heavy (non-hydrogen) atoms. The molecule has 0 saturated carbocycles. The van der Waals surface area contributed by atoms with E-state index in [4.69, 9.17) is 10.6 Å². The second-order valence-electron chi connectivity index (χ2n) is 8.42. The maximum Gasteiger partial charge on any atom is 0.270 e. The minimum atomic E-state index is -4.26. The Balaban J connectivity index is 2.02. The normalized spacial score (nSPS) is 11.7. The number of benzene rings is 3. The van der Waals surface area contributed by atoms with Crippen molar-refractivity contribution >= 4 is 21.6 Å². The van der Waals surface area contributed by atoms with Crippen LogP contribution in [0.5, 0.6) is 0 Å². The van der Waals surface area contributed by atoms with Crippen LogP contribution in [0, 0.1) is 16.0 Å². The summed E-state index contributed by atoms with van der Waals surface area (Å²) in [4.78, 5) is 27.9. The van der Waals surface area contributed by atoms with Crippen LogP contribution in [0.4, 0.5) is 5.69 Å². The summed E-state index contributed by atoms with van der Waals surface area (Å²) in [5.41, 5.74) is 7.70. The summed E-state index contributed by atoms with van der Waals surface area (Å²) < 4.78 is 27.8.